The summed E-state index contributed by atoms with van der Waals surface area (Å²) in [5, 5.41) is -1.25. The molecule has 4 rings (SSSR count). The van der Waals surface area contributed by atoms with Crippen molar-refractivity contribution in [1.82, 2.24) is 0 Å². The van der Waals surface area contributed by atoms with Crippen molar-refractivity contribution >= 4 is 27.4 Å². The van der Waals surface area contributed by atoms with Crippen LogP contribution < -0.4 is 4.74 Å². The zero-order valence-electron chi connectivity index (χ0n) is 16.3. The minimum Gasteiger partial charge on any atom is -0.490 e. The van der Waals surface area contributed by atoms with Gasteiger partial charge in [-0.15, -0.1) is 6.58 Å². The molecule has 2 aromatic rings. The second kappa shape index (κ2) is 7.91. The Labute approximate surface area is 183 Å². The van der Waals surface area contributed by atoms with E-state index in [1.807, 2.05) is 0 Å². The lowest BCUT2D eigenvalue weighted by Crippen LogP contribution is -2.46. The van der Waals surface area contributed by atoms with Gasteiger partial charge in [0, 0.05) is 10.9 Å². The number of carbonyl (C=O) groups excluding carboxylic acids is 1. The molecule has 2 aromatic carbocycles. The molecule has 31 heavy (non-hydrogen) atoms. The molecule has 9 heteroatoms. The van der Waals surface area contributed by atoms with E-state index in [1.54, 1.807) is 0 Å². The molecule has 2 aliphatic rings. The van der Waals surface area contributed by atoms with Crippen molar-refractivity contribution in [2.24, 2.45) is 11.3 Å². The second-order valence-corrected chi connectivity index (χ2v) is 10.1. The molecule has 0 amide bonds. The molecule has 0 aromatic heterocycles. The van der Waals surface area contributed by atoms with Gasteiger partial charge in [-0.05, 0) is 49.2 Å². The van der Waals surface area contributed by atoms with E-state index < -0.39 is 55.3 Å². The molecule has 1 fully saturated rings. The average molecular weight is 469 g/mol. The molecule has 3 unspecified atom stereocenters. The molecule has 2 aliphatic heterocycles. The Morgan fingerprint density at radius 2 is 1.81 bits per heavy atom. The van der Waals surface area contributed by atoms with Gasteiger partial charge < -0.3 is 9.47 Å². The maximum atomic E-state index is 15.0. The third-order valence-electron chi connectivity index (χ3n) is 6.03. The van der Waals surface area contributed by atoms with E-state index in [1.165, 1.54) is 30.3 Å². The molecule has 0 spiro atoms. The van der Waals surface area contributed by atoms with Crippen LogP contribution in [0.15, 0.2) is 53.9 Å². The van der Waals surface area contributed by atoms with Crippen LogP contribution in [0.1, 0.15) is 23.7 Å². The maximum absolute atomic E-state index is 15.0. The van der Waals surface area contributed by atoms with Crippen LogP contribution in [0.5, 0.6) is 5.75 Å². The number of carbonyl (C=O) groups is 1. The van der Waals surface area contributed by atoms with Gasteiger partial charge >= 0.3 is 5.97 Å². The number of ether oxygens (including phenoxy) is 2. The third kappa shape index (κ3) is 3.42. The zero-order chi connectivity index (χ0) is 22.4. The monoisotopic (exact) mass is 468 g/mol. The Kier molecular flexibility index (Phi) is 5.55. The summed E-state index contributed by atoms with van der Waals surface area (Å²) in [6.07, 6.45) is 1.82. The highest BCUT2D eigenvalue weighted by atomic mass is 35.5. The fourth-order valence-corrected chi connectivity index (χ4v) is 6.75. The normalized spacial score (nSPS) is 25.5. The molecule has 164 valence electrons. The van der Waals surface area contributed by atoms with Crippen molar-refractivity contribution in [3.05, 3.63) is 71.3 Å². The SMILES string of the molecule is C=CCC1(C2COc3c(F)ccc(F)c3C2S(=O)(=O)c2ccc(Cl)cc2)CCOC1=O. The van der Waals surface area contributed by atoms with E-state index in [0.29, 0.717) is 5.02 Å². The highest BCUT2D eigenvalue weighted by molar-refractivity contribution is 7.91. The largest absolute Gasteiger partial charge is 0.490 e. The first-order valence-corrected chi connectivity index (χ1v) is 11.5. The van der Waals surface area contributed by atoms with Crippen molar-refractivity contribution in [2.75, 3.05) is 13.2 Å². The predicted molar refractivity (Wildman–Crippen MR) is 110 cm³/mol. The van der Waals surface area contributed by atoms with E-state index >= 15 is 4.39 Å². The molecule has 5 nitrogen and oxygen atoms in total. The lowest BCUT2D eigenvalue weighted by molar-refractivity contribution is -0.149. The van der Waals surface area contributed by atoms with E-state index in [9.17, 15) is 17.6 Å². The number of allylic oxidation sites excluding steroid dienone is 1. The minimum absolute atomic E-state index is 0.0926. The van der Waals surface area contributed by atoms with Gasteiger partial charge in [-0.25, -0.2) is 17.2 Å². The summed E-state index contributed by atoms with van der Waals surface area (Å²) in [5.41, 5.74) is -1.71. The third-order valence-corrected chi connectivity index (χ3v) is 8.45. The van der Waals surface area contributed by atoms with E-state index in [0.717, 1.165) is 12.1 Å². The first kappa shape index (κ1) is 21.8. The second-order valence-electron chi connectivity index (χ2n) is 7.64. The standard InChI is InChI=1S/C22H19ClF2O5S/c1-2-9-22(10-11-29-21(22)26)15-12-30-19-17(25)8-7-16(24)18(19)20(15)31(27,28)14-5-3-13(23)4-6-14/h2-8,15,20H,1,9-12H2. The van der Waals surface area contributed by atoms with Gasteiger partial charge in [0.25, 0.3) is 0 Å². The van der Waals surface area contributed by atoms with Crippen molar-refractivity contribution in [3.8, 4) is 5.75 Å². The molecule has 1 saturated heterocycles. The number of esters is 1. The summed E-state index contributed by atoms with van der Waals surface area (Å²) >= 11 is 5.89. The van der Waals surface area contributed by atoms with Crippen LogP contribution >= 0.6 is 11.6 Å². The summed E-state index contributed by atoms with van der Waals surface area (Å²) < 4.78 is 67.7. The van der Waals surface area contributed by atoms with E-state index in [4.69, 9.17) is 21.1 Å². The van der Waals surface area contributed by atoms with Crippen LogP contribution in [-0.4, -0.2) is 27.6 Å². The molecule has 0 N–H and O–H groups in total. The van der Waals surface area contributed by atoms with Gasteiger partial charge in [0.15, 0.2) is 21.4 Å². The van der Waals surface area contributed by atoms with Crippen LogP contribution in [-0.2, 0) is 19.4 Å². The Morgan fingerprint density at radius 3 is 2.42 bits per heavy atom. The highest BCUT2D eigenvalue weighted by Crippen LogP contribution is 2.55. The molecule has 0 radical (unpaired) electrons. The van der Waals surface area contributed by atoms with Gasteiger partial charge in [0.1, 0.15) is 11.1 Å². The van der Waals surface area contributed by atoms with Crippen molar-refractivity contribution in [1.29, 1.82) is 0 Å². The van der Waals surface area contributed by atoms with Gasteiger partial charge in [0.05, 0.1) is 29.1 Å². The van der Waals surface area contributed by atoms with Gasteiger partial charge in [-0.1, -0.05) is 17.7 Å². The van der Waals surface area contributed by atoms with Crippen molar-refractivity contribution < 1.29 is 31.5 Å². The fraction of sp³-hybridized carbons (Fsp3) is 0.318. The number of cyclic esters (lactones) is 1. The van der Waals surface area contributed by atoms with Gasteiger partial charge in [0.2, 0.25) is 0 Å². The number of sulfone groups is 1. The smallest absolute Gasteiger partial charge is 0.312 e. The van der Waals surface area contributed by atoms with Crippen LogP contribution in [0.3, 0.4) is 0 Å². The van der Waals surface area contributed by atoms with Crippen molar-refractivity contribution in [3.63, 3.8) is 0 Å². The molecule has 2 heterocycles. The maximum Gasteiger partial charge on any atom is 0.312 e. The van der Waals surface area contributed by atoms with Gasteiger partial charge in [-0.3, -0.25) is 4.79 Å². The van der Waals surface area contributed by atoms with E-state index in [2.05, 4.69) is 6.58 Å². The van der Waals surface area contributed by atoms with Crippen LogP contribution in [0, 0.1) is 23.0 Å². The van der Waals surface area contributed by atoms with Crippen LogP contribution in [0.4, 0.5) is 8.78 Å². The average Bonchev–Trinajstić information content (AvgIpc) is 3.11. The number of benzene rings is 2. The van der Waals surface area contributed by atoms with Crippen molar-refractivity contribution in [2.45, 2.75) is 23.0 Å². The zero-order valence-corrected chi connectivity index (χ0v) is 17.9. The molecule has 0 saturated carbocycles. The van der Waals surface area contributed by atoms with Gasteiger partial charge in [-0.2, -0.15) is 0 Å². The molecular formula is C22H19ClF2O5S. The number of fused-ring (bicyclic) bond motifs is 1. The Bertz CT molecular complexity index is 1150. The van der Waals surface area contributed by atoms with Crippen LogP contribution in [0.25, 0.3) is 0 Å². The number of halogens is 3. The Hall–Kier alpha value is -2.45. The lowest BCUT2D eigenvalue weighted by Gasteiger charge is -2.41. The highest BCUT2D eigenvalue weighted by Gasteiger charge is 2.58. The summed E-state index contributed by atoms with van der Waals surface area (Å²) in [5.74, 6) is -3.89. The lowest BCUT2D eigenvalue weighted by atomic mass is 9.68. The molecule has 0 aliphatic carbocycles. The summed E-state index contributed by atoms with van der Waals surface area (Å²) in [6.45, 7) is 3.48. The molecule has 3 atom stereocenters. The van der Waals surface area contributed by atoms with E-state index in [-0.39, 0.29) is 31.0 Å². The summed E-state index contributed by atoms with van der Waals surface area (Å²) in [4.78, 5) is 12.7. The topological polar surface area (TPSA) is 69.7 Å². The Balaban J connectivity index is 1.98. The number of hydrogen-bond donors (Lipinski definition) is 0. The number of rotatable bonds is 5. The summed E-state index contributed by atoms with van der Waals surface area (Å²) in [7, 11) is -4.29. The first-order valence-electron chi connectivity index (χ1n) is 9.60. The number of hydrogen-bond acceptors (Lipinski definition) is 5. The Morgan fingerprint density at radius 1 is 1.13 bits per heavy atom. The predicted octanol–water partition coefficient (Wildman–Crippen LogP) is 4.65. The van der Waals surface area contributed by atoms with Crippen LogP contribution in [0.2, 0.25) is 5.02 Å². The molecular weight excluding hydrogens is 450 g/mol. The quantitative estimate of drug-likeness (QED) is 0.472. The molecule has 0 bridgehead atoms. The minimum atomic E-state index is -4.29. The fourth-order valence-electron chi connectivity index (χ4n) is 4.52. The summed E-state index contributed by atoms with van der Waals surface area (Å²) in [6, 6.07) is 7.13. The first-order chi connectivity index (χ1) is 14.7.